The summed E-state index contributed by atoms with van der Waals surface area (Å²) in [5.74, 6) is -1.67. The third-order valence-corrected chi connectivity index (χ3v) is 2.32. The standard InChI is InChI=1S/C8H6BrF2NO3/c1-15-3-2-12-6(9)5(7(10)11)4(3)8(13)14/h2,7H,1H3,(H,13,14). The Bertz CT molecular complexity index is 398. The summed E-state index contributed by atoms with van der Waals surface area (Å²) in [5.41, 5.74) is -1.25. The van der Waals surface area contributed by atoms with E-state index in [-0.39, 0.29) is 10.4 Å². The Kier molecular flexibility index (Phi) is 3.57. The molecular formula is C8H6BrF2NO3. The molecule has 0 unspecified atom stereocenters. The molecule has 1 rings (SSSR count). The first kappa shape index (κ1) is 11.8. The number of methoxy groups -OCH3 is 1. The van der Waals surface area contributed by atoms with Gasteiger partial charge >= 0.3 is 5.97 Å². The van der Waals surface area contributed by atoms with Crippen molar-refractivity contribution in [2.24, 2.45) is 0 Å². The molecule has 0 saturated carbocycles. The lowest BCUT2D eigenvalue weighted by molar-refractivity contribution is 0.0679. The van der Waals surface area contributed by atoms with Gasteiger partial charge in [-0.2, -0.15) is 0 Å². The summed E-state index contributed by atoms with van der Waals surface area (Å²) in [6.07, 6.45) is -1.87. The van der Waals surface area contributed by atoms with Crippen molar-refractivity contribution in [1.29, 1.82) is 0 Å². The predicted molar refractivity (Wildman–Crippen MR) is 50.4 cm³/mol. The SMILES string of the molecule is COc1cnc(Br)c(C(F)F)c1C(=O)O. The number of rotatable bonds is 3. The molecule has 0 amide bonds. The Labute approximate surface area is 92.0 Å². The number of nitrogens with zero attached hydrogens (tertiary/aromatic N) is 1. The Morgan fingerprint density at radius 3 is 2.67 bits per heavy atom. The van der Waals surface area contributed by atoms with Crippen LogP contribution in [0.2, 0.25) is 0 Å². The zero-order valence-corrected chi connectivity index (χ0v) is 9.09. The lowest BCUT2D eigenvalue weighted by Crippen LogP contribution is -2.08. The quantitative estimate of drug-likeness (QED) is 0.865. The van der Waals surface area contributed by atoms with Gasteiger partial charge in [-0.1, -0.05) is 0 Å². The largest absolute Gasteiger partial charge is 0.494 e. The molecule has 0 aliphatic rings. The normalized spacial score (nSPS) is 10.5. The van der Waals surface area contributed by atoms with Gasteiger partial charge in [-0.15, -0.1) is 0 Å². The van der Waals surface area contributed by atoms with Gasteiger partial charge in [0.2, 0.25) is 0 Å². The number of carboxylic acids is 1. The number of alkyl halides is 2. The summed E-state index contributed by atoms with van der Waals surface area (Å²) in [6, 6.07) is 0. The first-order valence-electron chi connectivity index (χ1n) is 3.72. The first-order chi connectivity index (χ1) is 6.99. The molecule has 1 aromatic heterocycles. The molecule has 0 fully saturated rings. The number of ether oxygens (including phenoxy) is 1. The molecule has 0 aliphatic heterocycles. The van der Waals surface area contributed by atoms with E-state index in [1.807, 2.05) is 0 Å². The summed E-state index contributed by atoms with van der Waals surface area (Å²) >= 11 is 2.77. The van der Waals surface area contributed by atoms with Crippen LogP contribution < -0.4 is 4.74 Å². The molecule has 0 atom stereocenters. The third kappa shape index (κ3) is 2.23. The van der Waals surface area contributed by atoms with Crippen LogP contribution in [-0.2, 0) is 0 Å². The zero-order valence-electron chi connectivity index (χ0n) is 7.50. The van der Waals surface area contributed by atoms with Crippen molar-refractivity contribution < 1.29 is 23.4 Å². The predicted octanol–water partition coefficient (Wildman–Crippen LogP) is 2.49. The fourth-order valence-corrected chi connectivity index (χ4v) is 1.53. The maximum Gasteiger partial charge on any atom is 0.340 e. The molecule has 4 nitrogen and oxygen atoms in total. The zero-order chi connectivity index (χ0) is 11.6. The summed E-state index contributed by atoms with van der Waals surface area (Å²) < 4.78 is 29.6. The summed E-state index contributed by atoms with van der Waals surface area (Å²) in [7, 11) is 1.19. The van der Waals surface area contributed by atoms with Crippen LogP contribution in [0.1, 0.15) is 22.3 Å². The highest BCUT2D eigenvalue weighted by molar-refractivity contribution is 9.10. The minimum absolute atomic E-state index is 0.194. The van der Waals surface area contributed by atoms with E-state index in [0.29, 0.717) is 0 Å². The van der Waals surface area contributed by atoms with Gasteiger partial charge < -0.3 is 9.84 Å². The van der Waals surface area contributed by atoms with E-state index in [1.165, 1.54) is 7.11 Å². The second kappa shape index (κ2) is 4.52. The van der Waals surface area contributed by atoms with Crippen LogP contribution in [0.3, 0.4) is 0 Å². The molecule has 0 radical (unpaired) electrons. The summed E-state index contributed by atoms with van der Waals surface area (Å²) in [4.78, 5) is 14.4. The maximum atomic E-state index is 12.6. The molecule has 0 spiro atoms. The smallest absolute Gasteiger partial charge is 0.340 e. The highest BCUT2D eigenvalue weighted by Gasteiger charge is 2.26. The van der Waals surface area contributed by atoms with Crippen LogP contribution in [0.4, 0.5) is 8.78 Å². The first-order valence-corrected chi connectivity index (χ1v) is 4.52. The number of pyridine rings is 1. The molecule has 7 heteroatoms. The lowest BCUT2D eigenvalue weighted by Gasteiger charge is -2.10. The van der Waals surface area contributed by atoms with E-state index in [4.69, 9.17) is 5.11 Å². The van der Waals surface area contributed by atoms with Crippen molar-refractivity contribution >= 4 is 21.9 Å². The Morgan fingerprint density at radius 1 is 1.67 bits per heavy atom. The molecule has 1 N–H and O–H groups in total. The van der Waals surface area contributed by atoms with Crippen molar-refractivity contribution in [2.45, 2.75) is 6.43 Å². The molecule has 0 aromatic carbocycles. The van der Waals surface area contributed by atoms with Gasteiger partial charge in [0.05, 0.1) is 18.9 Å². The number of hydrogen-bond acceptors (Lipinski definition) is 3. The van der Waals surface area contributed by atoms with E-state index in [1.54, 1.807) is 0 Å². The van der Waals surface area contributed by atoms with Gasteiger partial charge in [-0.25, -0.2) is 18.6 Å². The van der Waals surface area contributed by atoms with Crippen molar-refractivity contribution in [3.8, 4) is 5.75 Å². The third-order valence-electron chi connectivity index (χ3n) is 1.69. The van der Waals surface area contributed by atoms with E-state index in [0.717, 1.165) is 6.20 Å². The number of aromatic nitrogens is 1. The molecule has 1 heterocycles. The minimum Gasteiger partial charge on any atom is -0.494 e. The lowest BCUT2D eigenvalue weighted by atomic mass is 10.1. The molecule has 0 bridgehead atoms. The van der Waals surface area contributed by atoms with Crippen LogP contribution in [0, 0.1) is 0 Å². The van der Waals surface area contributed by atoms with Gasteiger partial charge in [0.1, 0.15) is 10.2 Å². The number of carbonyl (C=O) groups is 1. The highest BCUT2D eigenvalue weighted by atomic mass is 79.9. The van der Waals surface area contributed by atoms with Crippen LogP contribution in [0.15, 0.2) is 10.8 Å². The summed E-state index contributed by atoms with van der Waals surface area (Å²) in [6.45, 7) is 0. The maximum absolute atomic E-state index is 12.6. The molecular weight excluding hydrogens is 276 g/mol. The van der Waals surface area contributed by atoms with Crippen molar-refractivity contribution in [2.75, 3.05) is 7.11 Å². The molecule has 0 saturated heterocycles. The van der Waals surface area contributed by atoms with E-state index < -0.39 is 23.5 Å². The molecule has 0 aliphatic carbocycles. The molecule has 15 heavy (non-hydrogen) atoms. The highest BCUT2D eigenvalue weighted by Crippen LogP contribution is 2.34. The van der Waals surface area contributed by atoms with Gasteiger partial charge in [0.25, 0.3) is 6.43 Å². The van der Waals surface area contributed by atoms with Crippen LogP contribution >= 0.6 is 15.9 Å². The van der Waals surface area contributed by atoms with Crippen molar-refractivity contribution in [3.63, 3.8) is 0 Å². The average molecular weight is 282 g/mol. The number of aromatic carboxylic acids is 1. The van der Waals surface area contributed by atoms with Crippen LogP contribution in [0.5, 0.6) is 5.75 Å². The fourth-order valence-electron chi connectivity index (χ4n) is 1.06. The van der Waals surface area contributed by atoms with Crippen LogP contribution in [0.25, 0.3) is 0 Å². The average Bonchev–Trinajstić information content (AvgIpc) is 2.16. The van der Waals surface area contributed by atoms with Gasteiger partial charge in [0.15, 0.2) is 5.75 Å². The number of halogens is 3. The van der Waals surface area contributed by atoms with E-state index in [2.05, 4.69) is 25.7 Å². The van der Waals surface area contributed by atoms with Gasteiger partial charge in [-0.05, 0) is 15.9 Å². The Morgan fingerprint density at radius 2 is 2.27 bits per heavy atom. The van der Waals surface area contributed by atoms with Crippen LogP contribution in [-0.4, -0.2) is 23.2 Å². The Hall–Kier alpha value is -1.24. The van der Waals surface area contributed by atoms with Gasteiger partial charge in [0, 0.05) is 0 Å². The van der Waals surface area contributed by atoms with Gasteiger partial charge in [-0.3, -0.25) is 0 Å². The minimum atomic E-state index is -2.94. The van der Waals surface area contributed by atoms with Crippen molar-refractivity contribution in [1.82, 2.24) is 4.98 Å². The summed E-state index contributed by atoms with van der Waals surface area (Å²) in [5, 5.41) is 8.79. The molecule has 1 aromatic rings. The topological polar surface area (TPSA) is 59.4 Å². The fraction of sp³-hybridized carbons (Fsp3) is 0.250. The van der Waals surface area contributed by atoms with E-state index in [9.17, 15) is 13.6 Å². The second-order valence-electron chi connectivity index (χ2n) is 2.51. The second-order valence-corrected chi connectivity index (χ2v) is 3.26. The van der Waals surface area contributed by atoms with E-state index >= 15 is 0 Å². The molecule has 82 valence electrons. The number of carboxylic acid groups (broad SMARTS) is 1. The Balaban J connectivity index is 3.51. The number of hydrogen-bond donors (Lipinski definition) is 1. The van der Waals surface area contributed by atoms with Crippen molar-refractivity contribution in [3.05, 3.63) is 21.9 Å². The monoisotopic (exact) mass is 281 g/mol.